The third-order valence-corrected chi connectivity index (χ3v) is 14.4. The number of ether oxygens (including phenoxy) is 3. The van der Waals surface area contributed by atoms with Crippen LogP contribution in [0.1, 0.15) is 316 Å². The van der Waals surface area contributed by atoms with Crippen LogP contribution in [-0.4, -0.2) is 37.2 Å². The fraction of sp³-hybridized carbons (Fsp3) is 0.693. The van der Waals surface area contributed by atoms with Crippen molar-refractivity contribution in [1.82, 2.24) is 0 Å². The van der Waals surface area contributed by atoms with Crippen molar-refractivity contribution in [3.63, 3.8) is 0 Å². The molecule has 6 nitrogen and oxygen atoms in total. The molecule has 81 heavy (non-hydrogen) atoms. The van der Waals surface area contributed by atoms with Gasteiger partial charge in [-0.25, -0.2) is 0 Å². The molecule has 0 spiro atoms. The van der Waals surface area contributed by atoms with E-state index < -0.39 is 6.10 Å². The summed E-state index contributed by atoms with van der Waals surface area (Å²) in [6, 6.07) is 0. The highest BCUT2D eigenvalue weighted by Crippen LogP contribution is 2.16. The Hall–Kier alpha value is -4.19. The Bertz CT molecular complexity index is 1670. The molecule has 0 aliphatic heterocycles. The van der Waals surface area contributed by atoms with Crippen LogP contribution in [0.2, 0.25) is 0 Å². The lowest BCUT2D eigenvalue weighted by Gasteiger charge is -2.18. The summed E-state index contributed by atoms with van der Waals surface area (Å²) in [4.78, 5) is 38.3. The van der Waals surface area contributed by atoms with Gasteiger partial charge < -0.3 is 14.2 Å². The van der Waals surface area contributed by atoms with E-state index in [1.807, 2.05) is 6.08 Å². The van der Waals surface area contributed by atoms with Crippen LogP contribution in [0.15, 0.2) is 122 Å². The molecule has 0 bridgehead atoms. The first-order valence-corrected chi connectivity index (χ1v) is 34.0. The summed E-state index contributed by atoms with van der Waals surface area (Å²) >= 11 is 0. The Morgan fingerprint density at radius 1 is 0.259 bits per heavy atom. The van der Waals surface area contributed by atoms with E-state index in [0.717, 1.165) is 96.3 Å². The molecule has 462 valence electrons. The van der Waals surface area contributed by atoms with Crippen molar-refractivity contribution in [2.75, 3.05) is 13.2 Å². The van der Waals surface area contributed by atoms with E-state index >= 15 is 0 Å². The third kappa shape index (κ3) is 66.5. The van der Waals surface area contributed by atoms with Crippen LogP contribution >= 0.6 is 0 Å². The molecule has 0 saturated carbocycles. The van der Waals surface area contributed by atoms with Crippen LogP contribution in [0, 0.1) is 0 Å². The molecule has 0 radical (unpaired) electrons. The second-order valence-corrected chi connectivity index (χ2v) is 22.3. The first kappa shape index (κ1) is 76.8. The molecular weight excluding hydrogens is 997 g/mol. The van der Waals surface area contributed by atoms with Crippen LogP contribution in [0.3, 0.4) is 0 Å². The molecule has 0 aromatic rings. The van der Waals surface area contributed by atoms with Crippen LogP contribution < -0.4 is 0 Å². The second-order valence-electron chi connectivity index (χ2n) is 22.3. The number of unbranched alkanes of at least 4 members (excludes halogenated alkanes) is 30. The Morgan fingerprint density at radius 3 is 0.840 bits per heavy atom. The first-order chi connectivity index (χ1) is 40.0. The van der Waals surface area contributed by atoms with Gasteiger partial charge in [0.1, 0.15) is 13.2 Å². The Morgan fingerprint density at radius 2 is 0.506 bits per heavy atom. The second kappa shape index (κ2) is 68.3. The van der Waals surface area contributed by atoms with E-state index in [0.29, 0.717) is 19.3 Å². The van der Waals surface area contributed by atoms with Gasteiger partial charge in [0.05, 0.1) is 0 Å². The number of esters is 3. The molecule has 6 heteroatoms. The van der Waals surface area contributed by atoms with Crippen molar-refractivity contribution >= 4 is 17.9 Å². The zero-order chi connectivity index (χ0) is 58.5. The minimum Gasteiger partial charge on any atom is -0.462 e. The lowest BCUT2D eigenvalue weighted by atomic mass is 10.0. The Labute approximate surface area is 501 Å². The van der Waals surface area contributed by atoms with E-state index in [1.54, 1.807) is 0 Å². The van der Waals surface area contributed by atoms with Gasteiger partial charge in [0.2, 0.25) is 0 Å². The molecule has 0 saturated heterocycles. The maximum Gasteiger partial charge on any atom is 0.306 e. The quantitative estimate of drug-likeness (QED) is 0.0261. The van der Waals surface area contributed by atoms with Crippen molar-refractivity contribution in [2.24, 2.45) is 0 Å². The van der Waals surface area contributed by atoms with E-state index in [9.17, 15) is 14.4 Å². The molecule has 0 amide bonds. The first-order valence-electron chi connectivity index (χ1n) is 34.0. The van der Waals surface area contributed by atoms with Gasteiger partial charge in [-0.1, -0.05) is 303 Å². The zero-order valence-electron chi connectivity index (χ0n) is 53.0. The fourth-order valence-corrected chi connectivity index (χ4v) is 9.42. The summed E-state index contributed by atoms with van der Waals surface area (Å²) in [5.74, 6) is -0.983. The molecular formula is C75H126O6. The van der Waals surface area contributed by atoms with Gasteiger partial charge in [-0.2, -0.15) is 0 Å². The van der Waals surface area contributed by atoms with Gasteiger partial charge in [-0.05, 0) is 116 Å². The normalized spacial score (nSPS) is 12.9. The van der Waals surface area contributed by atoms with E-state index in [4.69, 9.17) is 14.2 Å². The highest BCUT2D eigenvalue weighted by molar-refractivity contribution is 5.71. The van der Waals surface area contributed by atoms with Gasteiger partial charge >= 0.3 is 17.9 Å². The summed E-state index contributed by atoms with van der Waals surface area (Å²) in [5, 5.41) is 0. The predicted molar refractivity (Wildman–Crippen MR) is 353 cm³/mol. The molecule has 0 heterocycles. The number of rotatable bonds is 61. The van der Waals surface area contributed by atoms with Crippen molar-refractivity contribution < 1.29 is 28.6 Å². The average Bonchev–Trinajstić information content (AvgIpc) is 3.46. The standard InChI is InChI=1S/C75H126O6/c1-4-7-10-13-16-19-22-25-27-29-31-33-35-36-37-38-40-41-43-45-47-50-53-56-59-62-65-68-74(77)80-71-72(70-79-73(76)67-64-61-58-55-52-49-24-21-18-15-12-9-6-3)81-75(78)69-66-63-60-57-54-51-48-46-44-42-39-34-32-30-28-26-23-20-17-14-11-8-5-2/h7,9-10,12,16,18-19,21,25,27,30-33,36-37,49,52,58,61,72H,4-6,8,11,13-15,17,20,22-24,26,28-29,34-35,38-48,50-51,53-57,59-60,62-71H2,1-3H3/b10-7-,12-9-,19-16-,21-18-,27-25-,32-30-,33-31-,37-36-,52-49-,61-58-. The molecule has 0 rings (SSSR count). The summed E-state index contributed by atoms with van der Waals surface area (Å²) in [7, 11) is 0. The fourth-order valence-electron chi connectivity index (χ4n) is 9.42. The highest BCUT2D eigenvalue weighted by atomic mass is 16.6. The summed E-state index contributed by atoms with van der Waals surface area (Å²) in [6.07, 6.45) is 95.2. The minimum atomic E-state index is -0.812. The van der Waals surface area contributed by atoms with Crippen LogP contribution in [0.25, 0.3) is 0 Å². The highest BCUT2D eigenvalue weighted by Gasteiger charge is 2.19. The van der Waals surface area contributed by atoms with E-state index in [2.05, 4.69) is 136 Å². The van der Waals surface area contributed by atoms with E-state index in [-0.39, 0.29) is 37.5 Å². The SMILES string of the molecule is CC/C=C\C/C=C\C/C=C\C/C=C\C/C=C\CCCCCCCCCCCCCC(=O)OCC(COC(=O)CC/C=C\C/C=C\C/C=C\C/C=C\CC)OC(=O)CCCCCCCCCCCCC/C=C\CCCCCCCCCC. The number of hydrogen-bond donors (Lipinski definition) is 0. The van der Waals surface area contributed by atoms with Crippen LogP contribution in [0.4, 0.5) is 0 Å². The maximum absolute atomic E-state index is 12.9. The molecule has 0 fully saturated rings. The summed E-state index contributed by atoms with van der Waals surface area (Å²) in [5.41, 5.74) is 0. The van der Waals surface area contributed by atoms with Crippen LogP contribution in [-0.2, 0) is 28.6 Å². The number of hydrogen-bond acceptors (Lipinski definition) is 6. The molecule has 0 N–H and O–H groups in total. The van der Waals surface area contributed by atoms with Crippen molar-refractivity contribution in [2.45, 2.75) is 322 Å². The van der Waals surface area contributed by atoms with Gasteiger partial charge in [0, 0.05) is 19.3 Å². The summed E-state index contributed by atoms with van der Waals surface area (Å²) in [6.45, 7) is 6.37. The van der Waals surface area contributed by atoms with Gasteiger partial charge in [0.25, 0.3) is 0 Å². The lowest BCUT2D eigenvalue weighted by Crippen LogP contribution is -2.30. The predicted octanol–water partition coefficient (Wildman–Crippen LogP) is 23.6. The third-order valence-electron chi connectivity index (χ3n) is 14.4. The smallest absolute Gasteiger partial charge is 0.306 e. The molecule has 0 aliphatic rings. The molecule has 0 aliphatic carbocycles. The van der Waals surface area contributed by atoms with E-state index in [1.165, 1.54) is 173 Å². The lowest BCUT2D eigenvalue weighted by molar-refractivity contribution is -0.166. The topological polar surface area (TPSA) is 78.9 Å². The maximum atomic E-state index is 12.9. The number of allylic oxidation sites excluding steroid dienone is 20. The Balaban J connectivity index is 4.33. The average molecular weight is 1120 g/mol. The largest absolute Gasteiger partial charge is 0.462 e. The Kier molecular flexibility index (Phi) is 64.8. The molecule has 1 unspecified atom stereocenters. The van der Waals surface area contributed by atoms with Crippen molar-refractivity contribution in [3.05, 3.63) is 122 Å². The van der Waals surface area contributed by atoms with Crippen LogP contribution in [0.5, 0.6) is 0 Å². The van der Waals surface area contributed by atoms with Gasteiger partial charge in [-0.15, -0.1) is 0 Å². The molecule has 0 aromatic heterocycles. The number of carbonyl (C=O) groups excluding carboxylic acids is 3. The molecule has 0 aromatic carbocycles. The summed E-state index contributed by atoms with van der Waals surface area (Å²) < 4.78 is 16.9. The monoisotopic (exact) mass is 1120 g/mol. The van der Waals surface area contributed by atoms with Gasteiger partial charge in [0.15, 0.2) is 6.10 Å². The number of carbonyl (C=O) groups is 3. The van der Waals surface area contributed by atoms with Crippen molar-refractivity contribution in [1.29, 1.82) is 0 Å². The molecule has 1 atom stereocenters. The minimum absolute atomic E-state index is 0.103. The van der Waals surface area contributed by atoms with Gasteiger partial charge in [-0.3, -0.25) is 14.4 Å². The van der Waals surface area contributed by atoms with Crippen molar-refractivity contribution in [3.8, 4) is 0 Å². The zero-order valence-corrected chi connectivity index (χ0v) is 53.0.